The van der Waals surface area contributed by atoms with E-state index in [1.165, 1.54) is 12.1 Å². The summed E-state index contributed by atoms with van der Waals surface area (Å²) in [5.74, 6) is 0. The molecule has 1 N–H and O–H groups in total. The number of nitrogens with zero attached hydrogens (tertiary/aromatic N) is 1. The molecular weight excluding hydrogens is 272 g/mol. The fourth-order valence-electron chi connectivity index (χ4n) is 1.56. The van der Waals surface area contributed by atoms with Gasteiger partial charge in [-0.1, -0.05) is 11.6 Å². The first-order chi connectivity index (χ1) is 9.08. The van der Waals surface area contributed by atoms with Crippen molar-refractivity contribution in [3.05, 3.63) is 38.9 Å². The number of halogens is 1. The van der Waals surface area contributed by atoms with Crippen LogP contribution in [-0.2, 0) is 16.0 Å². The van der Waals surface area contributed by atoms with Gasteiger partial charge in [0, 0.05) is 39.4 Å². The maximum absolute atomic E-state index is 10.6. The van der Waals surface area contributed by atoms with Gasteiger partial charge in [-0.25, -0.2) is 0 Å². The summed E-state index contributed by atoms with van der Waals surface area (Å²) in [6.07, 6.45) is -0.0400. The Hall–Kier alpha value is -1.21. The molecule has 0 aliphatic heterocycles. The Labute approximate surface area is 116 Å². The van der Waals surface area contributed by atoms with Crippen LogP contribution in [0.2, 0.25) is 5.02 Å². The first kappa shape index (κ1) is 15.8. The standard InChI is InChI=1S/C12H17ClN2O4/c1-18-8-11(19-2)7-14-6-9-3-4-10(15(16)17)5-12(9)13/h3-5,11,14H,6-8H2,1-2H3. The van der Waals surface area contributed by atoms with Crippen molar-refractivity contribution in [1.29, 1.82) is 0 Å². The second-order valence-corrected chi connectivity index (χ2v) is 4.38. The molecule has 1 rings (SSSR count). The fourth-order valence-corrected chi connectivity index (χ4v) is 1.80. The van der Waals surface area contributed by atoms with Gasteiger partial charge in [0.15, 0.2) is 0 Å². The Bertz CT molecular complexity index is 428. The summed E-state index contributed by atoms with van der Waals surface area (Å²) < 4.78 is 10.2. The van der Waals surface area contributed by atoms with E-state index in [1.54, 1.807) is 20.3 Å². The van der Waals surface area contributed by atoms with Gasteiger partial charge in [0.1, 0.15) is 0 Å². The third kappa shape index (κ3) is 5.12. The first-order valence-corrected chi connectivity index (χ1v) is 6.11. The molecule has 19 heavy (non-hydrogen) atoms. The summed E-state index contributed by atoms with van der Waals surface area (Å²) in [6, 6.07) is 4.43. The van der Waals surface area contributed by atoms with Gasteiger partial charge >= 0.3 is 0 Å². The van der Waals surface area contributed by atoms with Crippen LogP contribution in [0.25, 0.3) is 0 Å². The number of nitro groups is 1. The van der Waals surface area contributed by atoms with E-state index in [1.807, 2.05) is 0 Å². The van der Waals surface area contributed by atoms with Crippen LogP contribution < -0.4 is 5.32 Å². The molecule has 0 spiro atoms. The minimum atomic E-state index is -0.470. The number of hydrogen-bond acceptors (Lipinski definition) is 5. The predicted octanol–water partition coefficient (Wildman–Crippen LogP) is 2.00. The average molecular weight is 289 g/mol. The summed E-state index contributed by atoms with van der Waals surface area (Å²) in [6.45, 7) is 1.62. The minimum Gasteiger partial charge on any atom is -0.382 e. The smallest absolute Gasteiger partial charge is 0.270 e. The predicted molar refractivity (Wildman–Crippen MR) is 72.5 cm³/mol. The highest BCUT2D eigenvalue weighted by Gasteiger charge is 2.10. The number of benzene rings is 1. The summed E-state index contributed by atoms with van der Waals surface area (Å²) >= 11 is 5.98. The van der Waals surface area contributed by atoms with Gasteiger partial charge in [-0.15, -0.1) is 0 Å². The third-order valence-corrected chi connectivity index (χ3v) is 2.97. The van der Waals surface area contributed by atoms with Crippen LogP contribution >= 0.6 is 11.6 Å². The van der Waals surface area contributed by atoms with Gasteiger partial charge in [-0.05, 0) is 11.6 Å². The van der Waals surface area contributed by atoms with Crippen molar-refractivity contribution in [2.45, 2.75) is 12.6 Å². The molecule has 0 fully saturated rings. The minimum absolute atomic E-state index is 0.0112. The average Bonchev–Trinajstić information content (AvgIpc) is 2.39. The van der Waals surface area contributed by atoms with Gasteiger partial charge in [0.05, 0.1) is 22.7 Å². The normalized spacial score (nSPS) is 12.4. The van der Waals surface area contributed by atoms with E-state index >= 15 is 0 Å². The molecule has 7 heteroatoms. The lowest BCUT2D eigenvalue weighted by atomic mass is 10.2. The number of ether oxygens (including phenoxy) is 2. The summed E-state index contributed by atoms with van der Waals surface area (Å²) in [5, 5.41) is 14.1. The number of rotatable bonds is 8. The Morgan fingerprint density at radius 2 is 2.21 bits per heavy atom. The van der Waals surface area contributed by atoms with E-state index in [0.29, 0.717) is 24.7 Å². The summed E-state index contributed by atoms with van der Waals surface area (Å²) in [4.78, 5) is 10.1. The van der Waals surface area contributed by atoms with Crippen LogP contribution in [0.1, 0.15) is 5.56 Å². The molecule has 6 nitrogen and oxygen atoms in total. The lowest BCUT2D eigenvalue weighted by Gasteiger charge is -2.15. The van der Waals surface area contributed by atoms with Crippen molar-refractivity contribution in [3.63, 3.8) is 0 Å². The van der Waals surface area contributed by atoms with Gasteiger partial charge in [-0.3, -0.25) is 10.1 Å². The van der Waals surface area contributed by atoms with Crippen LogP contribution in [-0.4, -0.2) is 38.4 Å². The maximum atomic E-state index is 10.6. The van der Waals surface area contributed by atoms with Crippen molar-refractivity contribution in [3.8, 4) is 0 Å². The van der Waals surface area contributed by atoms with Crippen LogP contribution in [0.3, 0.4) is 0 Å². The Morgan fingerprint density at radius 3 is 2.74 bits per heavy atom. The lowest BCUT2D eigenvalue weighted by Crippen LogP contribution is -2.31. The van der Waals surface area contributed by atoms with E-state index in [2.05, 4.69) is 5.32 Å². The third-order valence-electron chi connectivity index (χ3n) is 2.62. The Morgan fingerprint density at radius 1 is 1.47 bits per heavy atom. The molecule has 0 aliphatic rings. The number of methoxy groups -OCH3 is 2. The van der Waals surface area contributed by atoms with E-state index in [4.69, 9.17) is 21.1 Å². The molecule has 1 unspecified atom stereocenters. The molecule has 0 bridgehead atoms. The van der Waals surface area contributed by atoms with Crippen molar-refractivity contribution in [2.24, 2.45) is 0 Å². The molecule has 1 atom stereocenters. The lowest BCUT2D eigenvalue weighted by molar-refractivity contribution is -0.384. The molecular formula is C12H17ClN2O4. The zero-order valence-electron chi connectivity index (χ0n) is 10.9. The first-order valence-electron chi connectivity index (χ1n) is 5.73. The number of nitro benzene ring substituents is 1. The van der Waals surface area contributed by atoms with Crippen LogP contribution in [0.5, 0.6) is 0 Å². The van der Waals surface area contributed by atoms with E-state index in [0.717, 1.165) is 5.56 Å². The number of non-ortho nitro benzene ring substituents is 1. The SMILES string of the molecule is COCC(CNCc1ccc([N+](=O)[O-])cc1Cl)OC. The molecule has 0 aliphatic carbocycles. The van der Waals surface area contributed by atoms with Crippen molar-refractivity contribution < 1.29 is 14.4 Å². The van der Waals surface area contributed by atoms with E-state index in [9.17, 15) is 10.1 Å². The molecule has 0 amide bonds. The zero-order chi connectivity index (χ0) is 14.3. The van der Waals surface area contributed by atoms with Gasteiger partial charge in [-0.2, -0.15) is 0 Å². The highest BCUT2D eigenvalue weighted by atomic mass is 35.5. The van der Waals surface area contributed by atoms with Crippen LogP contribution in [0.15, 0.2) is 18.2 Å². The van der Waals surface area contributed by atoms with Gasteiger partial charge in [0.2, 0.25) is 0 Å². The quantitative estimate of drug-likeness (QED) is 0.585. The van der Waals surface area contributed by atoms with Crippen molar-refractivity contribution >= 4 is 17.3 Å². The Kier molecular flexibility index (Phi) is 6.72. The molecule has 0 aromatic heterocycles. The van der Waals surface area contributed by atoms with E-state index < -0.39 is 4.92 Å². The van der Waals surface area contributed by atoms with Crippen LogP contribution in [0, 0.1) is 10.1 Å². The fraction of sp³-hybridized carbons (Fsp3) is 0.500. The van der Waals surface area contributed by atoms with Crippen molar-refractivity contribution in [1.82, 2.24) is 5.32 Å². The molecule has 0 saturated heterocycles. The number of nitrogens with one attached hydrogen (secondary N) is 1. The van der Waals surface area contributed by atoms with E-state index in [-0.39, 0.29) is 11.8 Å². The largest absolute Gasteiger partial charge is 0.382 e. The second kappa shape index (κ2) is 8.06. The zero-order valence-corrected chi connectivity index (χ0v) is 11.6. The highest BCUT2D eigenvalue weighted by molar-refractivity contribution is 6.31. The maximum Gasteiger partial charge on any atom is 0.270 e. The molecule has 1 aromatic carbocycles. The van der Waals surface area contributed by atoms with Gasteiger partial charge < -0.3 is 14.8 Å². The van der Waals surface area contributed by atoms with Crippen LogP contribution in [0.4, 0.5) is 5.69 Å². The molecule has 1 aromatic rings. The second-order valence-electron chi connectivity index (χ2n) is 3.98. The van der Waals surface area contributed by atoms with Gasteiger partial charge in [0.25, 0.3) is 5.69 Å². The topological polar surface area (TPSA) is 73.6 Å². The molecule has 0 saturated carbocycles. The summed E-state index contributed by atoms with van der Waals surface area (Å²) in [5.41, 5.74) is 0.794. The highest BCUT2D eigenvalue weighted by Crippen LogP contribution is 2.22. The van der Waals surface area contributed by atoms with Crippen molar-refractivity contribution in [2.75, 3.05) is 27.4 Å². The molecule has 106 valence electrons. The molecule has 0 radical (unpaired) electrons. The summed E-state index contributed by atoms with van der Waals surface area (Å²) in [7, 11) is 3.23. The number of hydrogen-bond donors (Lipinski definition) is 1. The Balaban J connectivity index is 2.51. The monoisotopic (exact) mass is 288 g/mol. The molecule has 0 heterocycles.